The van der Waals surface area contributed by atoms with Gasteiger partial charge in [0, 0.05) is 32.7 Å². The van der Waals surface area contributed by atoms with Crippen LogP contribution in [0.4, 0.5) is 0 Å². The molecule has 0 aliphatic rings. The Labute approximate surface area is 265 Å². The lowest BCUT2D eigenvalue weighted by molar-refractivity contribution is 1.37. The first-order valence-corrected chi connectivity index (χ1v) is 15.4. The van der Waals surface area contributed by atoms with E-state index < -0.39 is 0 Å². The fraction of sp³-hybridized carbons (Fsp3) is 0. The first-order valence-electron chi connectivity index (χ1n) is 15.4. The Morgan fingerprint density at radius 2 is 1.11 bits per heavy atom. The highest BCUT2D eigenvalue weighted by Crippen LogP contribution is 2.42. The van der Waals surface area contributed by atoms with Gasteiger partial charge in [-0.05, 0) is 45.2 Å². The average molecular weight is 589 g/mol. The van der Waals surface area contributed by atoms with Gasteiger partial charge in [0.2, 0.25) is 0 Å². The van der Waals surface area contributed by atoms with Crippen LogP contribution in [0.3, 0.4) is 0 Å². The molecule has 46 heavy (non-hydrogen) atoms. The molecule has 4 heteroatoms. The largest absolute Gasteiger partial charge is 0.383 e. The Bertz CT molecular complexity index is 2660. The predicted molar refractivity (Wildman–Crippen MR) is 193 cm³/mol. The molecule has 3 N–H and O–H groups in total. The first kappa shape index (κ1) is 26.2. The average Bonchev–Trinajstić information content (AvgIpc) is 3.63. The Morgan fingerprint density at radius 3 is 1.91 bits per heavy atom. The third-order valence-electron chi connectivity index (χ3n) is 9.23. The molecule has 216 valence electrons. The van der Waals surface area contributed by atoms with Crippen LogP contribution in [0.25, 0.3) is 71.1 Å². The van der Waals surface area contributed by atoms with Gasteiger partial charge in [-0.1, -0.05) is 140 Å². The topological polar surface area (TPSA) is 66.6 Å². The van der Waals surface area contributed by atoms with E-state index in [1.165, 1.54) is 54.6 Å². The Kier molecular flexibility index (Phi) is 5.77. The van der Waals surface area contributed by atoms with Crippen LogP contribution in [0, 0.1) is 5.41 Å². The van der Waals surface area contributed by atoms with Crippen LogP contribution in [-0.4, -0.2) is 16.1 Å². The standard InChI is InChI=1S/C42H28N4/c43-41(26-11-2-1-3-12-26)45-42(44)37-17-7-6-15-31(37)32-24-23-28(29-13-4-5-14-30(29)32)27-21-22-34-36-19-10-18-35-33-16-8-9-20-38(33)46(40(35)36)39(34)25-27/h1-25H,(H3,43,44,45). The lowest BCUT2D eigenvalue weighted by atomic mass is 9.90. The predicted octanol–water partition coefficient (Wildman–Crippen LogP) is 10.1. The van der Waals surface area contributed by atoms with E-state index in [0.717, 1.165) is 27.6 Å². The van der Waals surface area contributed by atoms with Gasteiger partial charge in [-0.2, -0.15) is 0 Å². The molecular weight excluding hydrogens is 560 g/mol. The van der Waals surface area contributed by atoms with Crippen LogP contribution in [0.2, 0.25) is 0 Å². The molecule has 0 spiro atoms. The van der Waals surface area contributed by atoms with Crippen molar-refractivity contribution in [2.24, 2.45) is 10.7 Å². The SMILES string of the molecule is N=C(/N=C(\N)c1ccccc1-c1ccc(-c2ccc3c4cccc5c6ccccc6n(c3c2)c54)c2ccccc12)c1ccccc1. The number of amidine groups is 2. The molecule has 7 aromatic carbocycles. The minimum atomic E-state index is 0.139. The maximum absolute atomic E-state index is 8.54. The molecular formula is C42H28N4. The van der Waals surface area contributed by atoms with Crippen molar-refractivity contribution in [2.45, 2.75) is 0 Å². The highest BCUT2D eigenvalue weighted by Gasteiger charge is 2.19. The van der Waals surface area contributed by atoms with Crippen LogP contribution in [0.1, 0.15) is 11.1 Å². The number of benzene rings is 7. The smallest absolute Gasteiger partial charge is 0.154 e. The van der Waals surface area contributed by atoms with Crippen molar-refractivity contribution in [1.82, 2.24) is 4.40 Å². The maximum Gasteiger partial charge on any atom is 0.154 e. The second kappa shape index (κ2) is 10.1. The van der Waals surface area contributed by atoms with E-state index in [9.17, 15) is 0 Å². The summed E-state index contributed by atoms with van der Waals surface area (Å²) in [5.41, 5.74) is 16.3. The van der Waals surface area contributed by atoms with Crippen LogP contribution in [-0.2, 0) is 0 Å². The molecule has 0 unspecified atom stereocenters. The van der Waals surface area contributed by atoms with Crippen molar-refractivity contribution in [3.8, 4) is 22.3 Å². The molecule has 0 saturated heterocycles. The number of aromatic nitrogens is 1. The number of hydrogen-bond donors (Lipinski definition) is 2. The van der Waals surface area contributed by atoms with Crippen LogP contribution in [0.5, 0.6) is 0 Å². The zero-order valence-electron chi connectivity index (χ0n) is 24.9. The van der Waals surface area contributed by atoms with Crippen LogP contribution in [0.15, 0.2) is 157 Å². The van der Waals surface area contributed by atoms with E-state index in [1.54, 1.807) is 0 Å². The van der Waals surface area contributed by atoms with Gasteiger partial charge in [0.25, 0.3) is 0 Å². The highest BCUT2D eigenvalue weighted by molar-refractivity contribution is 6.23. The second-order valence-corrected chi connectivity index (χ2v) is 11.7. The van der Waals surface area contributed by atoms with Crippen molar-refractivity contribution in [3.63, 3.8) is 0 Å². The fourth-order valence-electron chi connectivity index (χ4n) is 7.17. The van der Waals surface area contributed by atoms with Crippen LogP contribution >= 0.6 is 0 Å². The van der Waals surface area contributed by atoms with Crippen molar-refractivity contribution in [1.29, 1.82) is 5.41 Å². The maximum atomic E-state index is 8.54. The minimum Gasteiger partial charge on any atom is -0.383 e. The molecule has 0 aliphatic carbocycles. The number of hydrogen-bond acceptors (Lipinski definition) is 1. The summed E-state index contributed by atoms with van der Waals surface area (Å²) in [7, 11) is 0. The summed E-state index contributed by atoms with van der Waals surface area (Å²) in [6, 6.07) is 52.7. The van der Waals surface area contributed by atoms with E-state index in [4.69, 9.17) is 11.1 Å². The molecule has 2 aromatic heterocycles. The van der Waals surface area contributed by atoms with Crippen molar-refractivity contribution >= 4 is 60.5 Å². The third-order valence-corrected chi connectivity index (χ3v) is 9.23. The summed E-state index contributed by atoms with van der Waals surface area (Å²) in [5.74, 6) is 0.459. The lowest BCUT2D eigenvalue weighted by Gasteiger charge is -2.15. The molecule has 0 bridgehead atoms. The quantitative estimate of drug-likeness (QED) is 0.156. The Morgan fingerprint density at radius 1 is 0.500 bits per heavy atom. The number of para-hydroxylation sites is 2. The summed E-state index contributed by atoms with van der Waals surface area (Å²) < 4.78 is 2.43. The molecule has 0 radical (unpaired) electrons. The summed E-state index contributed by atoms with van der Waals surface area (Å²) in [6.07, 6.45) is 0. The molecule has 9 aromatic rings. The van der Waals surface area contributed by atoms with Crippen molar-refractivity contribution in [2.75, 3.05) is 0 Å². The van der Waals surface area contributed by atoms with Gasteiger partial charge >= 0.3 is 0 Å². The number of nitrogens with one attached hydrogen (secondary N) is 1. The van der Waals surface area contributed by atoms with Gasteiger partial charge in [-0.25, -0.2) is 4.99 Å². The molecule has 2 heterocycles. The number of rotatable bonds is 4. The minimum absolute atomic E-state index is 0.139. The van der Waals surface area contributed by atoms with E-state index in [2.05, 4.69) is 113 Å². The summed E-state index contributed by atoms with van der Waals surface area (Å²) in [4.78, 5) is 4.51. The summed E-state index contributed by atoms with van der Waals surface area (Å²) >= 11 is 0. The van der Waals surface area contributed by atoms with E-state index >= 15 is 0 Å². The molecule has 0 atom stereocenters. The van der Waals surface area contributed by atoms with Gasteiger partial charge in [0.05, 0.1) is 16.6 Å². The van der Waals surface area contributed by atoms with Gasteiger partial charge in [-0.3, -0.25) is 5.41 Å². The first-order chi connectivity index (χ1) is 22.7. The Hall–Kier alpha value is -6.26. The zero-order valence-corrected chi connectivity index (χ0v) is 24.9. The molecule has 0 amide bonds. The monoisotopic (exact) mass is 588 g/mol. The zero-order chi connectivity index (χ0) is 30.8. The molecule has 9 rings (SSSR count). The number of aliphatic imine (C=N–C) groups is 1. The molecule has 0 fully saturated rings. The van der Waals surface area contributed by atoms with E-state index in [-0.39, 0.29) is 5.84 Å². The summed E-state index contributed by atoms with van der Waals surface area (Å²) in [6.45, 7) is 0. The third kappa shape index (κ3) is 3.87. The van der Waals surface area contributed by atoms with E-state index in [0.29, 0.717) is 5.84 Å². The van der Waals surface area contributed by atoms with Gasteiger partial charge < -0.3 is 10.1 Å². The normalized spacial score (nSPS) is 12.2. The second-order valence-electron chi connectivity index (χ2n) is 11.7. The molecule has 0 saturated carbocycles. The van der Waals surface area contributed by atoms with Crippen LogP contribution < -0.4 is 5.73 Å². The number of fused-ring (bicyclic) bond motifs is 7. The number of nitrogens with two attached hydrogens (primary N) is 1. The Balaban J connectivity index is 1.21. The molecule has 0 aliphatic heterocycles. The highest BCUT2D eigenvalue weighted by atomic mass is 14.9. The fourth-order valence-corrected chi connectivity index (χ4v) is 7.17. The number of nitrogens with zero attached hydrogens (tertiary/aromatic N) is 2. The van der Waals surface area contributed by atoms with Crippen molar-refractivity contribution < 1.29 is 0 Å². The lowest BCUT2D eigenvalue weighted by Crippen LogP contribution is -2.17. The van der Waals surface area contributed by atoms with E-state index in [1.807, 2.05) is 48.5 Å². The van der Waals surface area contributed by atoms with Gasteiger partial charge in [0.1, 0.15) is 5.84 Å². The summed E-state index contributed by atoms with van der Waals surface area (Å²) in [5, 5.41) is 16.0. The van der Waals surface area contributed by atoms with Gasteiger partial charge in [-0.15, -0.1) is 0 Å². The molecule has 4 nitrogen and oxygen atoms in total. The van der Waals surface area contributed by atoms with Gasteiger partial charge in [0.15, 0.2) is 5.84 Å². The van der Waals surface area contributed by atoms with Crippen molar-refractivity contribution in [3.05, 3.63) is 163 Å².